The van der Waals surface area contributed by atoms with Gasteiger partial charge in [-0.2, -0.15) is 36.0 Å². The maximum Gasteiger partial charge on any atom is 0.433 e. The van der Waals surface area contributed by atoms with Crippen LogP contribution in [0.5, 0.6) is 0 Å². The third-order valence-electron chi connectivity index (χ3n) is 5.37. The van der Waals surface area contributed by atoms with E-state index in [2.05, 4.69) is 10.1 Å². The fourth-order valence-electron chi connectivity index (χ4n) is 3.82. The summed E-state index contributed by atoms with van der Waals surface area (Å²) < 4.78 is 80.1. The van der Waals surface area contributed by atoms with E-state index in [0.29, 0.717) is 28.2 Å². The fourth-order valence-corrected chi connectivity index (χ4v) is 3.82. The van der Waals surface area contributed by atoms with Crippen LogP contribution in [-0.4, -0.2) is 25.3 Å². The van der Waals surface area contributed by atoms with Gasteiger partial charge in [0.05, 0.1) is 11.4 Å². The van der Waals surface area contributed by atoms with Crippen LogP contribution in [0.25, 0.3) is 22.5 Å². The van der Waals surface area contributed by atoms with Crippen LogP contribution >= 0.6 is 0 Å². The lowest BCUT2D eigenvalue weighted by Gasteiger charge is -2.18. The average molecular weight is 454 g/mol. The third kappa shape index (κ3) is 3.71. The van der Waals surface area contributed by atoms with Crippen LogP contribution in [0.2, 0.25) is 0 Å². The lowest BCUT2D eigenvalue weighted by Crippen LogP contribution is -2.19. The molecule has 0 N–H and O–H groups in total. The Bertz CT molecular complexity index is 1320. The maximum absolute atomic E-state index is 13.0. The van der Waals surface area contributed by atoms with E-state index in [4.69, 9.17) is 0 Å². The smallest absolute Gasteiger partial charge is 0.328 e. The van der Waals surface area contributed by atoms with Gasteiger partial charge in [-0.1, -0.05) is 12.2 Å². The number of pyridine rings is 1. The molecule has 0 saturated carbocycles. The quantitative estimate of drug-likeness (QED) is 0.507. The second kappa shape index (κ2) is 7.35. The second-order valence-corrected chi connectivity index (χ2v) is 7.43. The number of alkyl halides is 6. The number of fused-ring (bicyclic) bond motifs is 1. The number of hydrogen-bond donors (Lipinski definition) is 0. The molecule has 0 aliphatic heterocycles. The van der Waals surface area contributed by atoms with E-state index in [1.54, 1.807) is 18.5 Å². The van der Waals surface area contributed by atoms with E-state index in [-0.39, 0.29) is 18.4 Å². The molecule has 0 atom stereocenters. The van der Waals surface area contributed by atoms with E-state index in [1.807, 2.05) is 0 Å². The van der Waals surface area contributed by atoms with Gasteiger partial charge in [-0.3, -0.25) is 9.78 Å². The minimum atomic E-state index is -4.60. The molecule has 5 nitrogen and oxygen atoms in total. The van der Waals surface area contributed by atoms with Crippen LogP contribution < -0.4 is 5.56 Å². The number of allylic oxidation sites excluding steroid dienone is 4. The molecule has 3 aromatic rings. The maximum atomic E-state index is 13.0. The molecular formula is C21H16F6N4O. The van der Waals surface area contributed by atoms with Crippen molar-refractivity contribution in [3.05, 3.63) is 69.4 Å². The van der Waals surface area contributed by atoms with E-state index in [0.717, 1.165) is 22.9 Å². The van der Waals surface area contributed by atoms with Crippen molar-refractivity contribution in [1.29, 1.82) is 0 Å². The fraction of sp³-hybridized carbons (Fsp3) is 0.286. The molecule has 11 heteroatoms. The van der Waals surface area contributed by atoms with Crippen molar-refractivity contribution in [1.82, 2.24) is 19.2 Å². The summed E-state index contributed by atoms with van der Waals surface area (Å²) in [6.45, 7) is 1.64. The Kier molecular flexibility index (Phi) is 5.02. The molecule has 0 bridgehead atoms. The summed E-state index contributed by atoms with van der Waals surface area (Å²) in [6, 6.07) is 3.26. The van der Waals surface area contributed by atoms with Gasteiger partial charge in [-0.05, 0) is 37.5 Å². The lowest BCUT2D eigenvalue weighted by molar-refractivity contribution is -0.141. The first-order chi connectivity index (χ1) is 14.9. The topological polar surface area (TPSA) is 52.2 Å². The molecule has 1 aliphatic carbocycles. The Morgan fingerprint density at radius 1 is 1.00 bits per heavy atom. The number of aryl methyl sites for hydroxylation is 2. The van der Waals surface area contributed by atoms with Gasteiger partial charge < -0.3 is 4.57 Å². The van der Waals surface area contributed by atoms with Crippen molar-refractivity contribution >= 4 is 11.2 Å². The Labute approximate surface area is 177 Å². The molecule has 4 rings (SSSR count). The average Bonchev–Trinajstić information content (AvgIpc) is 3.07. The van der Waals surface area contributed by atoms with E-state index >= 15 is 0 Å². The van der Waals surface area contributed by atoms with Gasteiger partial charge in [0, 0.05) is 36.0 Å². The van der Waals surface area contributed by atoms with Crippen LogP contribution in [0.4, 0.5) is 26.3 Å². The molecule has 0 fully saturated rings. The van der Waals surface area contributed by atoms with Crippen LogP contribution in [-0.2, 0) is 13.2 Å². The summed E-state index contributed by atoms with van der Waals surface area (Å²) in [5.74, 6) is 0. The highest BCUT2D eigenvalue weighted by Crippen LogP contribution is 2.38. The molecular weight excluding hydrogens is 438 g/mol. The summed E-state index contributed by atoms with van der Waals surface area (Å²) in [5, 5.41) is 4.23. The van der Waals surface area contributed by atoms with Crippen molar-refractivity contribution in [2.75, 3.05) is 0 Å². The molecule has 0 radical (unpaired) electrons. The zero-order chi connectivity index (χ0) is 23.4. The Morgan fingerprint density at radius 2 is 1.72 bits per heavy atom. The highest BCUT2D eigenvalue weighted by Gasteiger charge is 2.35. The van der Waals surface area contributed by atoms with Crippen molar-refractivity contribution in [3.8, 4) is 11.3 Å². The summed E-state index contributed by atoms with van der Waals surface area (Å²) in [7, 11) is 1.60. The van der Waals surface area contributed by atoms with Crippen LogP contribution in [0.1, 0.15) is 29.8 Å². The van der Waals surface area contributed by atoms with Gasteiger partial charge in [0.15, 0.2) is 0 Å². The number of aromatic nitrogens is 4. The first-order valence-electron chi connectivity index (χ1n) is 9.48. The standard InChI is InChI=1S/C21H16F6N4O/c1-11-18(12-3-6-14(7-4-12)20(22,23)24)19-30(2)15(9-17(32)31(19)29-11)13-5-8-16(28-10-13)21(25,26)27/h3,5-6,8-10H,4,7H2,1-2H3. The predicted octanol–water partition coefficient (Wildman–Crippen LogP) is 5.09. The van der Waals surface area contributed by atoms with Crippen molar-refractivity contribution in [2.45, 2.75) is 32.1 Å². The van der Waals surface area contributed by atoms with Gasteiger partial charge in [-0.25, -0.2) is 0 Å². The van der Waals surface area contributed by atoms with Gasteiger partial charge in [-0.15, -0.1) is 0 Å². The molecule has 0 spiro atoms. The Morgan fingerprint density at radius 3 is 2.25 bits per heavy atom. The normalized spacial score (nSPS) is 15.1. The predicted molar refractivity (Wildman–Crippen MR) is 105 cm³/mol. The minimum absolute atomic E-state index is 0.105. The molecule has 0 saturated heterocycles. The number of hydrogen-bond acceptors (Lipinski definition) is 3. The van der Waals surface area contributed by atoms with Crippen LogP contribution in [0.3, 0.4) is 0 Å². The first-order valence-corrected chi connectivity index (χ1v) is 9.48. The summed E-state index contributed by atoms with van der Waals surface area (Å²) in [5.41, 5.74) is 0.246. The number of rotatable bonds is 2. The van der Waals surface area contributed by atoms with Crippen LogP contribution in [0, 0.1) is 6.92 Å². The molecule has 0 amide bonds. The summed E-state index contributed by atoms with van der Waals surface area (Å²) >= 11 is 0. The molecule has 168 valence electrons. The first kappa shape index (κ1) is 21.8. The largest absolute Gasteiger partial charge is 0.433 e. The molecule has 0 aromatic carbocycles. The van der Waals surface area contributed by atoms with Crippen molar-refractivity contribution < 1.29 is 26.3 Å². The molecule has 3 heterocycles. The zero-order valence-corrected chi connectivity index (χ0v) is 16.8. The second-order valence-electron chi connectivity index (χ2n) is 7.43. The molecule has 3 aromatic heterocycles. The van der Waals surface area contributed by atoms with Crippen molar-refractivity contribution in [2.24, 2.45) is 7.05 Å². The van der Waals surface area contributed by atoms with Gasteiger partial charge in [0.2, 0.25) is 0 Å². The van der Waals surface area contributed by atoms with Gasteiger partial charge in [0.1, 0.15) is 11.3 Å². The van der Waals surface area contributed by atoms with Gasteiger partial charge >= 0.3 is 12.4 Å². The number of nitrogens with zero attached hydrogens (tertiary/aromatic N) is 4. The Hall–Kier alpha value is -3.37. The lowest BCUT2D eigenvalue weighted by atomic mass is 9.93. The molecule has 0 unspecified atom stereocenters. The van der Waals surface area contributed by atoms with Crippen molar-refractivity contribution in [3.63, 3.8) is 0 Å². The highest BCUT2D eigenvalue weighted by molar-refractivity contribution is 5.81. The number of halogens is 6. The highest BCUT2D eigenvalue weighted by atomic mass is 19.4. The van der Waals surface area contributed by atoms with Gasteiger partial charge in [0.25, 0.3) is 5.56 Å². The molecule has 1 aliphatic rings. The van der Waals surface area contributed by atoms with E-state index in [9.17, 15) is 31.1 Å². The third-order valence-corrected chi connectivity index (χ3v) is 5.37. The molecule has 32 heavy (non-hydrogen) atoms. The summed E-state index contributed by atoms with van der Waals surface area (Å²) in [4.78, 5) is 16.1. The SMILES string of the molecule is Cc1nn2c(=O)cc(-c3ccc(C(F)(F)F)nc3)n(C)c2c1C1=CC=C(C(F)(F)F)CC1. The summed E-state index contributed by atoms with van der Waals surface area (Å²) in [6.07, 6.45) is -5.70. The van der Waals surface area contributed by atoms with E-state index < -0.39 is 29.2 Å². The van der Waals surface area contributed by atoms with E-state index in [1.165, 1.54) is 18.2 Å². The zero-order valence-electron chi connectivity index (χ0n) is 16.8. The minimum Gasteiger partial charge on any atom is -0.328 e. The monoisotopic (exact) mass is 454 g/mol. The van der Waals surface area contributed by atoms with Crippen LogP contribution in [0.15, 0.2) is 46.9 Å². The Balaban J connectivity index is 1.88.